The topological polar surface area (TPSA) is 344 Å². The molecule has 0 unspecified atom stereocenters. The average molecular weight is 1450 g/mol. The summed E-state index contributed by atoms with van der Waals surface area (Å²) in [7, 11) is 3.12. The Bertz CT molecular complexity index is 4070. The van der Waals surface area contributed by atoms with Gasteiger partial charge in [0, 0.05) is 110 Å². The number of carboxylic acids is 1. The predicted molar refractivity (Wildman–Crippen MR) is 380 cm³/mol. The summed E-state index contributed by atoms with van der Waals surface area (Å²) in [4.78, 5) is 93.5. The fraction of sp³-hybridized carbons (Fsp3) is 0.595. The molecule has 2 fully saturated rings. The van der Waals surface area contributed by atoms with Crippen LogP contribution < -0.4 is 26.6 Å². The van der Waals surface area contributed by atoms with Gasteiger partial charge in [0.1, 0.15) is 23.8 Å². The maximum Gasteiger partial charge on any atom is 0.344 e. The lowest BCUT2D eigenvalue weighted by Crippen LogP contribution is -2.54. The summed E-state index contributed by atoms with van der Waals surface area (Å²) >= 11 is 0. The highest BCUT2D eigenvalue weighted by Crippen LogP contribution is 2.38. The van der Waals surface area contributed by atoms with Crippen LogP contribution in [0.2, 0.25) is 0 Å². The monoisotopic (exact) mass is 1450 g/mol. The number of hydrogen-bond acceptors (Lipinski definition) is 17. The number of likely N-dealkylation sites (tertiary alicyclic amines) is 1. The number of pyridine rings is 1. The zero-order valence-corrected chi connectivity index (χ0v) is 62.4. The standard InChI is InChI=1S/C19H25N5O3.C19H29N3O4.C18H19F2N3O3.C18H30N4O3/c1-19(2,3)16(17(25)20-4)22-18(26)24-14-7-9-27-11-13(14)15(23-24)12-6-5-8-21-10-12;1-19(2,3)16(17(23)24)20-18(25)22-14-9-10-26-11-13(14)15(21-22)12-7-5-4-6-8-12;19-14-2-1-11(9-15(14)20)17-13-10-26-8-5-16(13)23(21-17)18(25)22-6-3-12(24)4-7-22;1-17(2,3)13-11-10-25-9-8-12(11)22(21-13)16(24)20-14(15(23)19-7)18(4,5)6/h5-6,8,10,16H,7,9,11H2,1-4H3,(H,20,25)(H,22,26);12,16H,4-11H2,1-3H3,(H,20,25)(H,23,24);1-2,9,12,24H,3-8,10H2;14H,8-10H2,1-7H3,(H,19,23)(H,20,24)/t2*16-;;14-/m11.1/s1. The normalized spacial score (nSPS) is 17.2. The lowest BCUT2D eigenvalue weighted by Gasteiger charge is -2.29. The number of ether oxygens (including phenoxy) is 4. The van der Waals surface area contributed by atoms with E-state index < -0.39 is 64.0 Å². The van der Waals surface area contributed by atoms with Crippen molar-refractivity contribution >= 4 is 41.9 Å². The first-order valence-corrected chi connectivity index (χ1v) is 35.8. The number of nitrogens with one attached hydrogen (secondary N) is 5. The molecule has 6 amide bonds. The summed E-state index contributed by atoms with van der Waals surface area (Å²) in [6.07, 6.45) is 12.2. The summed E-state index contributed by atoms with van der Waals surface area (Å²) in [5.74, 6) is -3.03. The quantitative estimate of drug-likeness (QED) is 0.0709. The van der Waals surface area contributed by atoms with E-state index in [4.69, 9.17) is 18.9 Å². The molecule has 12 rings (SSSR count). The molecule has 10 heterocycles. The molecule has 5 aliphatic heterocycles. The first kappa shape index (κ1) is 79.3. The number of carbonyl (C=O) groups is 7. The van der Waals surface area contributed by atoms with E-state index in [0.717, 1.165) is 87.0 Å². The van der Waals surface area contributed by atoms with Gasteiger partial charge < -0.3 is 60.6 Å². The highest BCUT2D eigenvalue weighted by atomic mass is 19.2. The van der Waals surface area contributed by atoms with Crippen molar-refractivity contribution in [1.82, 2.24) is 75.6 Å². The Morgan fingerprint density at radius 3 is 1.44 bits per heavy atom. The number of carbonyl (C=O) groups excluding carboxylic acids is 6. The summed E-state index contributed by atoms with van der Waals surface area (Å²) in [5.41, 5.74) is 9.45. The van der Waals surface area contributed by atoms with Gasteiger partial charge in [-0.3, -0.25) is 14.6 Å². The van der Waals surface area contributed by atoms with E-state index in [0.29, 0.717) is 121 Å². The second kappa shape index (κ2) is 33.5. The first-order chi connectivity index (χ1) is 49.1. The van der Waals surface area contributed by atoms with Crippen molar-refractivity contribution in [2.24, 2.45) is 16.2 Å². The molecule has 0 radical (unpaired) electrons. The smallest absolute Gasteiger partial charge is 0.344 e. The van der Waals surface area contributed by atoms with E-state index in [1.54, 1.807) is 52.2 Å². The first-order valence-electron chi connectivity index (χ1n) is 35.8. The Morgan fingerprint density at radius 1 is 0.529 bits per heavy atom. The van der Waals surface area contributed by atoms with E-state index in [2.05, 4.69) is 72.7 Å². The second-order valence-electron chi connectivity index (χ2n) is 31.3. The Labute approximate surface area is 605 Å². The lowest BCUT2D eigenvalue weighted by atomic mass is 9.85. The number of likely N-dealkylation sites (N-methyl/N-ethyl adjacent to an activating group) is 2. The summed E-state index contributed by atoms with van der Waals surface area (Å²) in [5, 5.41) is 50.9. The number of hydrogen-bond donors (Lipinski definition) is 7. The van der Waals surface area contributed by atoms with Crippen molar-refractivity contribution in [1.29, 1.82) is 0 Å². The number of piperidine rings is 1. The molecule has 3 atom stereocenters. The molecule has 28 nitrogen and oxygen atoms in total. The van der Waals surface area contributed by atoms with Crippen LogP contribution in [0.1, 0.15) is 190 Å². The van der Waals surface area contributed by atoms with E-state index in [1.165, 1.54) is 44.1 Å². The fourth-order valence-corrected chi connectivity index (χ4v) is 13.6. The van der Waals surface area contributed by atoms with Crippen LogP contribution in [0.4, 0.5) is 28.0 Å². The molecule has 6 aliphatic rings. The summed E-state index contributed by atoms with van der Waals surface area (Å²) in [6.45, 7) is 27.7. The van der Waals surface area contributed by atoms with Crippen molar-refractivity contribution in [2.45, 2.75) is 216 Å². The Morgan fingerprint density at radius 2 is 0.971 bits per heavy atom. The van der Waals surface area contributed by atoms with Gasteiger partial charge in [-0.25, -0.2) is 32.8 Å². The van der Waals surface area contributed by atoms with Crippen LogP contribution in [0.15, 0.2) is 42.7 Å². The average Bonchev–Trinajstić information content (AvgIpc) is 1.63. The Hall–Kier alpha value is -8.84. The zero-order chi connectivity index (χ0) is 75.8. The maximum absolute atomic E-state index is 13.7. The van der Waals surface area contributed by atoms with Crippen molar-refractivity contribution in [3.63, 3.8) is 0 Å². The second-order valence-corrected chi connectivity index (χ2v) is 31.3. The van der Waals surface area contributed by atoms with Gasteiger partial charge in [0.15, 0.2) is 11.6 Å². The van der Waals surface area contributed by atoms with Gasteiger partial charge in [0.25, 0.3) is 0 Å². The molecule has 0 spiro atoms. The third kappa shape index (κ3) is 18.6. The summed E-state index contributed by atoms with van der Waals surface area (Å²) in [6, 6.07) is 3.46. The van der Waals surface area contributed by atoms with Crippen molar-refractivity contribution < 1.29 is 71.5 Å². The fourth-order valence-electron chi connectivity index (χ4n) is 13.6. The molecule has 5 aromatic heterocycles. The van der Waals surface area contributed by atoms with Crippen LogP contribution in [0.25, 0.3) is 22.5 Å². The molecule has 1 aromatic carbocycles. The van der Waals surface area contributed by atoms with E-state index in [9.17, 15) is 52.6 Å². The van der Waals surface area contributed by atoms with Crippen LogP contribution in [0.3, 0.4) is 0 Å². The number of rotatable bonds is 9. The number of fused-ring (bicyclic) bond motifs is 4. The lowest BCUT2D eigenvalue weighted by molar-refractivity contribution is -0.142. The number of benzene rings is 1. The summed E-state index contributed by atoms with van der Waals surface area (Å²) < 4.78 is 54.7. The largest absolute Gasteiger partial charge is 0.480 e. The number of aromatic nitrogens is 9. The SMILES string of the molecule is CC(C)(C)[C@H](NC(=O)n1nc(C2CCCCC2)c2c1CCOC2)C(=O)O.CNC(=O)[C@@H](NC(=O)n1nc(-c2cccnc2)c2c1CCOC2)C(C)(C)C.CNC(=O)[C@@H](NC(=O)n1nc(C(C)(C)C)c2c1CCOC2)C(C)(C)C.O=C(N1CCC(O)CC1)n1nc(-c2ccc(F)c(F)c2)c2c1CCOC2. The molecule has 6 aromatic rings. The van der Waals surface area contributed by atoms with Gasteiger partial charge in [-0.15, -0.1) is 0 Å². The maximum atomic E-state index is 13.7. The number of aliphatic carboxylic acids is 1. The van der Waals surface area contributed by atoms with E-state index >= 15 is 0 Å². The van der Waals surface area contributed by atoms with E-state index in [-0.39, 0.29) is 42.0 Å². The minimum absolute atomic E-state index is 0.194. The molecule has 1 saturated heterocycles. The van der Waals surface area contributed by atoms with Crippen LogP contribution in [0.5, 0.6) is 0 Å². The van der Waals surface area contributed by atoms with Crippen LogP contribution in [-0.4, -0.2) is 179 Å². The number of amides is 6. The van der Waals surface area contributed by atoms with Crippen LogP contribution >= 0.6 is 0 Å². The third-order valence-electron chi connectivity index (χ3n) is 19.3. The number of nitrogens with zero attached hydrogens (tertiary/aromatic N) is 10. The Kier molecular flexibility index (Phi) is 25.5. The van der Waals surface area contributed by atoms with Gasteiger partial charge in [0.2, 0.25) is 11.8 Å². The van der Waals surface area contributed by atoms with Gasteiger partial charge in [-0.2, -0.15) is 39.1 Å². The van der Waals surface area contributed by atoms with Gasteiger partial charge in [0.05, 0.1) is 98.8 Å². The molecule has 30 heteroatoms. The molecule has 1 aliphatic carbocycles. The minimum atomic E-state index is -1.04. The number of aliphatic hydroxyl groups excluding tert-OH is 1. The minimum Gasteiger partial charge on any atom is -0.480 e. The van der Waals surface area contributed by atoms with Gasteiger partial charge in [-0.1, -0.05) is 102 Å². The highest BCUT2D eigenvalue weighted by molar-refractivity contribution is 5.90. The zero-order valence-electron chi connectivity index (χ0n) is 62.4. The molecule has 566 valence electrons. The van der Waals surface area contributed by atoms with Crippen LogP contribution in [0, 0.1) is 27.9 Å². The molecule has 1 saturated carbocycles. The highest BCUT2D eigenvalue weighted by Gasteiger charge is 2.40. The Balaban J connectivity index is 0.000000161. The van der Waals surface area contributed by atoms with Crippen molar-refractivity contribution in [3.8, 4) is 22.5 Å². The molecule has 0 bridgehead atoms. The third-order valence-corrected chi connectivity index (χ3v) is 19.3. The predicted octanol–water partition coefficient (Wildman–Crippen LogP) is 9.09. The number of carboxylic acid groups (broad SMARTS) is 1. The molecular weight excluding hydrogens is 1340 g/mol. The van der Waals surface area contributed by atoms with Crippen LogP contribution in [-0.2, 0) is 90.9 Å². The van der Waals surface area contributed by atoms with Crippen molar-refractivity contribution in [2.75, 3.05) is 53.6 Å². The van der Waals surface area contributed by atoms with Gasteiger partial charge in [-0.05, 0) is 72.3 Å². The van der Waals surface area contributed by atoms with E-state index in [1.807, 2.05) is 53.7 Å². The van der Waals surface area contributed by atoms with Crippen molar-refractivity contribution in [3.05, 3.63) is 111 Å². The number of halogens is 2. The molecular formula is C74H103F2N15O13. The molecule has 7 N–H and O–H groups in total. The molecule has 104 heavy (non-hydrogen) atoms. The van der Waals surface area contributed by atoms with Gasteiger partial charge >= 0.3 is 30.1 Å². The number of aliphatic hydroxyl groups is 1.